The number of carbonyl (C=O) groups is 19. The highest BCUT2D eigenvalue weighted by Crippen LogP contribution is 2.25. The third-order valence-corrected chi connectivity index (χ3v) is 23.3. The van der Waals surface area contributed by atoms with Crippen molar-refractivity contribution in [3.05, 3.63) is 174 Å². The average molecular weight is 1850 g/mol. The monoisotopic (exact) mass is 1850 g/mol. The first-order chi connectivity index (χ1) is 62.6. The Morgan fingerprint density at radius 2 is 0.894 bits per heavy atom. The number of para-hydroxylation sites is 1. The van der Waals surface area contributed by atoms with Gasteiger partial charge in [0.15, 0.2) is 0 Å². The van der Waals surface area contributed by atoms with Gasteiger partial charge in [-0.15, -0.1) is 11.8 Å². The molecule has 1 aliphatic rings. The summed E-state index contributed by atoms with van der Waals surface area (Å²) in [6.45, 7) is 3.12. The predicted molar refractivity (Wildman–Crippen MR) is 480 cm³/mol. The number of phenols is 1. The van der Waals surface area contributed by atoms with Crippen LogP contribution in [0.15, 0.2) is 146 Å². The molecule has 6 aromatic rings. The number of nitrogens with two attached hydrogens (primary N) is 1. The summed E-state index contributed by atoms with van der Waals surface area (Å²) in [4.78, 5) is 280. The molecular formula is C91H116N16O24S. The van der Waals surface area contributed by atoms with Gasteiger partial charge in [-0.05, 0) is 77.6 Å². The number of unbranched alkanes of at least 4 members (excludes halogenated alkanes) is 1. The number of carbonyl (C=O) groups excluding carboxylic acids is 15. The Morgan fingerprint density at radius 3 is 1.46 bits per heavy atom. The second kappa shape index (κ2) is 51.2. The molecule has 1 fully saturated rings. The number of aromatic hydroxyl groups is 1. The summed E-state index contributed by atoms with van der Waals surface area (Å²) in [6, 6.07) is 15.9. The lowest BCUT2D eigenvalue weighted by Gasteiger charge is -2.37. The summed E-state index contributed by atoms with van der Waals surface area (Å²) in [5.74, 6) is -24.4. The molecule has 41 heteroatoms. The van der Waals surface area contributed by atoms with E-state index in [-0.39, 0.29) is 37.0 Å². The maximum absolute atomic E-state index is 15.5. The van der Waals surface area contributed by atoms with Gasteiger partial charge in [0, 0.05) is 109 Å². The van der Waals surface area contributed by atoms with Gasteiger partial charge >= 0.3 is 23.9 Å². The van der Waals surface area contributed by atoms with E-state index in [0.29, 0.717) is 62.7 Å². The molecule has 0 bridgehead atoms. The number of aliphatic carboxylic acids is 4. The summed E-state index contributed by atoms with van der Waals surface area (Å²) >= 11 is 0.707. The number of phenolic OH excluding ortho intramolecular Hbond substituents is 1. The van der Waals surface area contributed by atoms with Gasteiger partial charge < -0.3 is 109 Å². The third kappa shape index (κ3) is 32.1. The molecule has 40 nitrogen and oxygen atoms in total. The van der Waals surface area contributed by atoms with Crippen molar-refractivity contribution in [2.45, 2.75) is 190 Å². The van der Waals surface area contributed by atoms with Crippen molar-refractivity contribution >= 4 is 135 Å². The summed E-state index contributed by atoms with van der Waals surface area (Å²) in [5, 5.41) is 74.1. The smallest absolute Gasteiger partial charge is 0.305 e. The van der Waals surface area contributed by atoms with Gasteiger partial charge in [-0.1, -0.05) is 155 Å². The van der Waals surface area contributed by atoms with Gasteiger partial charge in [0.2, 0.25) is 88.6 Å². The quantitative estimate of drug-likeness (QED) is 0.0314. The molecule has 2 heterocycles. The van der Waals surface area contributed by atoms with Gasteiger partial charge in [0.25, 0.3) is 0 Å². The van der Waals surface area contributed by atoms with E-state index in [2.05, 4.69) is 52.8 Å². The standard InChI is InChI=1S/C91H116N16O24S/c1-9-10-30-69-89(129)103(4)49-73(110)95-65(46-78(118)119)84(124)102-79(52(2)3)91(131)106(7)70(43-54-24-16-12-17-25-54)86(126)98-62(36-39-76(114)115)87(127)104(5)68(37-40-77(116)117)85(125)100-64(45-57-47-93-60-29-21-20-28-59(57)60)83(123)99-63(41-56-31-33-58(108)34-32-56)82(122)97-61(35-38-75(112)113)81(121)101-67(80(120)94-48-72(92)109)50-132-51-74(111)96-66(42-53-22-14-11-15-23-53)88(128)107(8)71(90(130)105(69)6)44-55-26-18-13-19-27-55/h11-29,31-34,47,52,61-71,79,93,108H,9-10,30,35-46,48-51H2,1-8H3,(H2,92,109)(H,94,120)(H,95,110)(H,96,111)(H,97,122)(H,98,126)(H,99,123)(H,100,125)(H,101,121)(H,102,124)(H,112,113)(H,114,115)(H,116,117)(H,118,119). The summed E-state index contributed by atoms with van der Waals surface area (Å²) in [7, 11) is 6.05. The first kappa shape index (κ1) is 105. The molecule has 1 aliphatic heterocycles. The van der Waals surface area contributed by atoms with E-state index in [1.54, 1.807) is 115 Å². The summed E-state index contributed by atoms with van der Waals surface area (Å²) in [5.41, 5.74) is 7.99. The van der Waals surface area contributed by atoms with Crippen molar-refractivity contribution in [2.24, 2.45) is 11.7 Å². The number of rotatable bonds is 28. The highest BCUT2D eigenvalue weighted by molar-refractivity contribution is 8.00. The number of hydrogen-bond acceptors (Lipinski definition) is 21. The van der Waals surface area contributed by atoms with E-state index < -0.39 is 273 Å². The van der Waals surface area contributed by atoms with Gasteiger partial charge in [-0.25, -0.2) is 0 Å². The maximum Gasteiger partial charge on any atom is 0.305 e. The lowest BCUT2D eigenvalue weighted by Crippen LogP contribution is -2.62. The van der Waals surface area contributed by atoms with E-state index in [1.807, 2.05) is 6.92 Å². The number of carboxylic acids is 4. The molecule has 710 valence electrons. The van der Waals surface area contributed by atoms with Crippen LogP contribution < -0.4 is 53.6 Å². The van der Waals surface area contributed by atoms with Crippen molar-refractivity contribution in [2.75, 3.05) is 59.8 Å². The van der Waals surface area contributed by atoms with Crippen LogP contribution in [0.2, 0.25) is 0 Å². The van der Waals surface area contributed by atoms with Crippen LogP contribution in [0, 0.1) is 5.92 Å². The van der Waals surface area contributed by atoms with Crippen LogP contribution in [0.3, 0.4) is 0 Å². The molecule has 0 spiro atoms. The van der Waals surface area contributed by atoms with E-state index >= 15 is 38.4 Å². The zero-order valence-electron chi connectivity index (χ0n) is 74.5. The van der Waals surface area contributed by atoms with Crippen molar-refractivity contribution < 1.29 is 117 Å². The largest absolute Gasteiger partial charge is 0.508 e. The fourth-order valence-corrected chi connectivity index (χ4v) is 15.7. The van der Waals surface area contributed by atoms with Gasteiger partial charge in [0.05, 0.1) is 25.3 Å². The topological polar surface area (TPSA) is 592 Å². The summed E-state index contributed by atoms with van der Waals surface area (Å²) < 4.78 is 0. The molecule has 15 amide bonds. The van der Waals surface area contributed by atoms with E-state index in [4.69, 9.17) is 5.73 Å². The van der Waals surface area contributed by atoms with Crippen LogP contribution in [0.25, 0.3) is 10.9 Å². The number of thioether (sulfide) groups is 1. The van der Waals surface area contributed by atoms with Crippen LogP contribution in [-0.4, -0.2) is 300 Å². The highest BCUT2D eigenvalue weighted by atomic mass is 32.2. The number of fused-ring (bicyclic) bond motifs is 1. The molecule has 0 saturated carbocycles. The highest BCUT2D eigenvalue weighted by Gasteiger charge is 2.43. The Hall–Kier alpha value is -14.3. The Labute approximate surface area is 765 Å². The molecule has 5 aromatic carbocycles. The van der Waals surface area contributed by atoms with E-state index in [1.165, 1.54) is 65.5 Å². The second-order valence-corrected chi connectivity index (χ2v) is 33.6. The normalized spacial score (nSPS) is 22.1. The number of H-pyrrole nitrogens is 1. The number of carboxylic acid groups (broad SMARTS) is 4. The Bertz CT molecular complexity index is 5090. The van der Waals surface area contributed by atoms with Crippen molar-refractivity contribution in [3.8, 4) is 5.75 Å². The number of likely N-dealkylation sites (N-methyl/N-ethyl adjacent to an activating group) is 5. The van der Waals surface area contributed by atoms with E-state index in [9.17, 15) is 78.3 Å². The molecule has 0 aliphatic carbocycles. The number of primary amides is 1. The molecule has 12 atom stereocenters. The van der Waals surface area contributed by atoms with Crippen molar-refractivity contribution in [1.29, 1.82) is 0 Å². The average Bonchev–Trinajstić information content (AvgIpc) is 1.47. The van der Waals surface area contributed by atoms with E-state index in [0.717, 1.165) is 33.7 Å². The second-order valence-electron chi connectivity index (χ2n) is 32.6. The fourth-order valence-electron chi connectivity index (χ4n) is 14.9. The minimum atomic E-state index is -1.98. The fraction of sp³-hybridized carbons (Fsp3) is 0.440. The molecule has 0 radical (unpaired) electrons. The van der Waals surface area contributed by atoms with Crippen molar-refractivity contribution in [1.82, 2.24) is 77.3 Å². The Balaban J connectivity index is 1.37. The number of nitrogens with zero attached hydrogens (tertiary/aromatic N) is 5. The summed E-state index contributed by atoms with van der Waals surface area (Å²) in [6.07, 6.45) is -5.27. The number of nitrogens with one attached hydrogen (secondary N) is 10. The number of amides is 15. The van der Waals surface area contributed by atoms with Crippen LogP contribution in [0.1, 0.15) is 113 Å². The molecular weight excluding hydrogens is 1730 g/mol. The van der Waals surface area contributed by atoms with Gasteiger partial charge in [0.1, 0.15) is 78.3 Å². The van der Waals surface area contributed by atoms with Crippen molar-refractivity contribution in [3.63, 3.8) is 0 Å². The van der Waals surface area contributed by atoms with Crippen LogP contribution >= 0.6 is 11.8 Å². The van der Waals surface area contributed by atoms with Gasteiger partial charge in [-0.2, -0.15) is 0 Å². The molecule has 12 unspecified atom stereocenters. The first-order valence-corrected chi connectivity index (χ1v) is 44.0. The number of aromatic nitrogens is 1. The minimum Gasteiger partial charge on any atom is -0.508 e. The SMILES string of the molecule is CCCCC1C(=O)N(C)CC(=O)NC(CC(=O)O)C(=O)NC(C(C)C)C(=O)N(C)C(Cc2ccccc2)C(=O)NC(CCC(=O)O)C(=O)N(C)C(CCC(=O)O)C(=O)NC(Cc2c[nH]c3ccccc23)C(=O)NC(Cc2ccc(O)cc2)C(=O)NC(CCC(=O)O)C(=O)NC(C(=O)NCC(N)=O)CSCC(=O)NC(Cc2ccccc2)C(=O)N(C)C(Cc2ccccc2)C(=O)N1C. The number of hydrogen-bond donors (Lipinski definition) is 16. The Kier molecular flexibility index (Phi) is 40.6. The van der Waals surface area contributed by atoms with Gasteiger partial charge in [-0.3, -0.25) is 91.1 Å². The minimum absolute atomic E-state index is 0.0174. The number of benzene rings is 5. The maximum atomic E-state index is 15.5. The molecule has 1 aromatic heterocycles. The van der Waals surface area contributed by atoms with Crippen LogP contribution in [-0.2, 0) is 123 Å². The lowest BCUT2D eigenvalue weighted by atomic mass is 9.98. The predicted octanol–water partition coefficient (Wildman–Crippen LogP) is 0.295. The zero-order valence-corrected chi connectivity index (χ0v) is 75.3. The lowest BCUT2D eigenvalue weighted by molar-refractivity contribution is -0.151. The van der Waals surface area contributed by atoms with Crippen LogP contribution in [0.5, 0.6) is 5.75 Å². The molecule has 17 N–H and O–H groups in total. The third-order valence-electron chi connectivity index (χ3n) is 22.2. The molecule has 1 saturated heterocycles. The molecule has 7 rings (SSSR count). The zero-order chi connectivity index (χ0) is 97.2. The number of aromatic amines is 1. The molecule has 132 heavy (non-hydrogen) atoms. The Morgan fingerprint density at radius 1 is 0.439 bits per heavy atom. The van der Waals surface area contributed by atoms with Crippen LogP contribution in [0.4, 0.5) is 0 Å². The first-order valence-electron chi connectivity index (χ1n) is 42.8.